The van der Waals surface area contributed by atoms with Crippen molar-refractivity contribution in [3.05, 3.63) is 23.3 Å². The summed E-state index contributed by atoms with van der Waals surface area (Å²) in [6, 6.07) is 3.71. The summed E-state index contributed by atoms with van der Waals surface area (Å²) in [6.07, 6.45) is -4.90. The molecule has 1 amide bonds. The molecule has 1 aromatic carbocycles. The van der Waals surface area contributed by atoms with E-state index in [9.17, 15) is 18.0 Å². The van der Waals surface area contributed by atoms with Gasteiger partial charge < -0.3 is 0 Å². The van der Waals surface area contributed by atoms with Crippen molar-refractivity contribution in [1.29, 1.82) is 0 Å². The van der Waals surface area contributed by atoms with E-state index in [1.54, 1.807) is 5.32 Å². The van der Waals surface area contributed by atoms with Crippen LogP contribution in [0.25, 0.3) is 10.2 Å². The summed E-state index contributed by atoms with van der Waals surface area (Å²) >= 11 is 1.03. The molecule has 2 aromatic rings. The number of nitrogens with one attached hydrogen (secondary N) is 1. The number of alkyl halides is 3. The SMILES string of the molecule is Cc1cc(C)c2nc(NC(=O)C(F)(F)F)sc2c1. The highest BCUT2D eigenvalue weighted by Crippen LogP contribution is 2.30. The number of aryl methyl sites for hydroxylation is 2. The molecule has 2 rings (SSSR count). The van der Waals surface area contributed by atoms with E-state index in [2.05, 4.69) is 4.98 Å². The minimum absolute atomic E-state index is 0.0407. The second kappa shape index (κ2) is 4.24. The minimum atomic E-state index is -4.90. The first-order valence-corrected chi connectivity index (χ1v) is 5.85. The molecule has 0 aliphatic heterocycles. The first-order chi connectivity index (χ1) is 8.27. The molecule has 96 valence electrons. The summed E-state index contributed by atoms with van der Waals surface area (Å²) in [4.78, 5) is 14.8. The highest BCUT2D eigenvalue weighted by molar-refractivity contribution is 7.22. The van der Waals surface area contributed by atoms with E-state index >= 15 is 0 Å². The summed E-state index contributed by atoms with van der Waals surface area (Å²) in [5, 5.41) is 1.72. The summed E-state index contributed by atoms with van der Waals surface area (Å²) in [7, 11) is 0. The molecule has 0 aliphatic rings. The fraction of sp³-hybridized carbons (Fsp3) is 0.273. The lowest BCUT2D eigenvalue weighted by Crippen LogP contribution is -2.29. The van der Waals surface area contributed by atoms with Crippen LogP contribution in [-0.2, 0) is 4.79 Å². The van der Waals surface area contributed by atoms with Gasteiger partial charge in [0.05, 0.1) is 10.2 Å². The van der Waals surface area contributed by atoms with Gasteiger partial charge >= 0.3 is 12.1 Å². The zero-order valence-electron chi connectivity index (χ0n) is 9.55. The standard InChI is InChI=1S/C11H9F3N2OS/c1-5-3-6(2)8-7(4-5)18-10(15-8)16-9(17)11(12,13)14/h3-4H,1-2H3,(H,15,16,17). The Balaban J connectivity index is 2.37. The Labute approximate surface area is 105 Å². The number of nitrogens with zero attached hydrogens (tertiary/aromatic N) is 1. The number of amides is 1. The van der Waals surface area contributed by atoms with E-state index in [4.69, 9.17) is 0 Å². The normalized spacial score (nSPS) is 11.8. The fourth-order valence-electron chi connectivity index (χ4n) is 1.59. The third-order valence-electron chi connectivity index (χ3n) is 2.31. The van der Waals surface area contributed by atoms with Crippen LogP contribution >= 0.6 is 11.3 Å². The van der Waals surface area contributed by atoms with Crippen molar-refractivity contribution in [3.8, 4) is 0 Å². The molecular weight excluding hydrogens is 265 g/mol. The summed E-state index contributed by atoms with van der Waals surface area (Å²) in [5.41, 5.74) is 2.48. The van der Waals surface area contributed by atoms with Crippen LogP contribution in [0.4, 0.5) is 18.3 Å². The van der Waals surface area contributed by atoms with Crippen LogP contribution in [0.1, 0.15) is 11.1 Å². The Kier molecular flexibility index (Phi) is 3.02. The predicted molar refractivity (Wildman–Crippen MR) is 63.8 cm³/mol. The average molecular weight is 274 g/mol. The van der Waals surface area contributed by atoms with Crippen molar-refractivity contribution in [2.45, 2.75) is 20.0 Å². The van der Waals surface area contributed by atoms with Gasteiger partial charge in [0, 0.05) is 0 Å². The van der Waals surface area contributed by atoms with Crippen LogP contribution in [-0.4, -0.2) is 17.1 Å². The molecular formula is C11H9F3N2OS. The number of hydrogen-bond donors (Lipinski definition) is 1. The number of carbonyl (C=O) groups excluding carboxylic acids is 1. The maximum Gasteiger partial charge on any atom is 0.471 e. The first kappa shape index (κ1) is 12.8. The van der Waals surface area contributed by atoms with Crippen LogP contribution in [0.3, 0.4) is 0 Å². The average Bonchev–Trinajstić information content (AvgIpc) is 2.58. The number of carbonyl (C=O) groups is 1. The van der Waals surface area contributed by atoms with Crippen LogP contribution in [0.5, 0.6) is 0 Å². The Morgan fingerprint density at radius 1 is 1.33 bits per heavy atom. The van der Waals surface area contributed by atoms with E-state index in [0.29, 0.717) is 5.52 Å². The van der Waals surface area contributed by atoms with Gasteiger partial charge in [-0.2, -0.15) is 13.2 Å². The van der Waals surface area contributed by atoms with Gasteiger partial charge in [-0.05, 0) is 31.0 Å². The van der Waals surface area contributed by atoms with E-state index < -0.39 is 12.1 Å². The monoisotopic (exact) mass is 274 g/mol. The Morgan fingerprint density at radius 3 is 2.61 bits per heavy atom. The van der Waals surface area contributed by atoms with Gasteiger partial charge in [-0.15, -0.1) is 0 Å². The molecule has 0 spiro atoms. The number of halogens is 3. The Hall–Kier alpha value is -1.63. The smallest absolute Gasteiger partial charge is 0.294 e. The number of hydrogen-bond acceptors (Lipinski definition) is 3. The third kappa shape index (κ3) is 2.45. The molecule has 3 nitrogen and oxygen atoms in total. The number of thiazole rings is 1. The number of fused-ring (bicyclic) bond motifs is 1. The van der Waals surface area contributed by atoms with Crippen LogP contribution in [0.15, 0.2) is 12.1 Å². The number of rotatable bonds is 1. The zero-order chi connectivity index (χ0) is 13.5. The molecule has 7 heteroatoms. The van der Waals surface area contributed by atoms with Crippen molar-refractivity contribution in [1.82, 2.24) is 4.98 Å². The third-order valence-corrected chi connectivity index (χ3v) is 3.23. The highest BCUT2D eigenvalue weighted by Gasteiger charge is 2.39. The Morgan fingerprint density at radius 2 is 2.00 bits per heavy atom. The van der Waals surface area contributed by atoms with Crippen LogP contribution in [0, 0.1) is 13.8 Å². The van der Waals surface area contributed by atoms with Crippen molar-refractivity contribution in [2.24, 2.45) is 0 Å². The molecule has 0 radical (unpaired) electrons. The van der Waals surface area contributed by atoms with Gasteiger partial charge in [-0.1, -0.05) is 17.4 Å². The lowest BCUT2D eigenvalue weighted by Gasteiger charge is -2.03. The quantitative estimate of drug-likeness (QED) is 0.865. The second-order valence-corrected chi connectivity index (χ2v) is 4.93. The molecule has 1 N–H and O–H groups in total. The maximum absolute atomic E-state index is 12.1. The first-order valence-electron chi connectivity index (χ1n) is 5.03. The van der Waals surface area contributed by atoms with Crippen molar-refractivity contribution in [3.63, 3.8) is 0 Å². The molecule has 0 bridgehead atoms. The van der Waals surface area contributed by atoms with Crippen molar-refractivity contribution >= 4 is 32.6 Å². The van der Waals surface area contributed by atoms with E-state index in [-0.39, 0.29) is 5.13 Å². The molecule has 0 saturated heterocycles. The van der Waals surface area contributed by atoms with Gasteiger partial charge in [-0.3, -0.25) is 10.1 Å². The fourth-order valence-corrected chi connectivity index (χ4v) is 2.63. The second-order valence-electron chi connectivity index (χ2n) is 3.90. The van der Waals surface area contributed by atoms with Gasteiger partial charge in [0.1, 0.15) is 0 Å². The maximum atomic E-state index is 12.1. The number of aromatic nitrogens is 1. The molecule has 0 saturated carbocycles. The molecule has 0 aliphatic carbocycles. The zero-order valence-corrected chi connectivity index (χ0v) is 10.4. The van der Waals surface area contributed by atoms with Crippen LogP contribution < -0.4 is 5.32 Å². The molecule has 18 heavy (non-hydrogen) atoms. The van der Waals surface area contributed by atoms with E-state index in [1.165, 1.54) is 0 Å². The van der Waals surface area contributed by atoms with Gasteiger partial charge in [0.15, 0.2) is 5.13 Å². The van der Waals surface area contributed by atoms with Gasteiger partial charge in [-0.25, -0.2) is 4.98 Å². The van der Waals surface area contributed by atoms with E-state index in [0.717, 1.165) is 27.2 Å². The topological polar surface area (TPSA) is 42.0 Å². The number of anilines is 1. The molecule has 0 unspecified atom stereocenters. The summed E-state index contributed by atoms with van der Waals surface area (Å²) < 4.78 is 37.1. The van der Waals surface area contributed by atoms with Crippen molar-refractivity contribution in [2.75, 3.05) is 5.32 Å². The lowest BCUT2D eigenvalue weighted by molar-refractivity contribution is -0.167. The van der Waals surface area contributed by atoms with Crippen molar-refractivity contribution < 1.29 is 18.0 Å². The molecule has 1 heterocycles. The largest absolute Gasteiger partial charge is 0.471 e. The molecule has 0 atom stereocenters. The number of benzene rings is 1. The van der Waals surface area contributed by atoms with Crippen LogP contribution in [0.2, 0.25) is 0 Å². The summed E-state index contributed by atoms with van der Waals surface area (Å²) in [6.45, 7) is 3.71. The van der Waals surface area contributed by atoms with Gasteiger partial charge in [0.2, 0.25) is 0 Å². The highest BCUT2D eigenvalue weighted by atomic mass is 32.1. The Bertz CT molecular complexity index is 619. The minimum Gasteiger partial charge on any atom is -0.294 e. The van der Waals surface area contributed by atoms with E-state index in [1.807, 2.05) is 26.0 Å². The molecule has 1 aromatic heterocycles. The lowest BCUT2D eigenvalue weighted by atomic mass is 10.1. The summed E-state index contributed by atoms with van der Waals surface area (Å²) in [5.74, 6) is -2.00. The predicted octanol–water partition coefficient (Wildman–Crippen LogP) is 3.41. The molecule has 0 fully saturated rings. The van der Waals surface area contributed by atoms with Gasteiger partial charge in [0.25, 0.3) is 0 Å².